The van der Waals surface area contributed by atoms with Crippen molar-refractivity contribution in [1.82, 2.24) is 10.3 Å². The first kappa shape index (κ1) is 13.8. The van der Waals surface area contributed by atoms with Crippen LogP contribution in [0.4, 0.5) is 5.82 Å². The highest BCUT2D eigenvalue weighted by atomic mass is 16.1. The molecule has 1 fully saturated rings. The number of nitrogens with zero attached hydrogens (tertiary/aromatic N) is 1. The molecule has 0 aromatic carbocycles. The summed E-state index contributed by atoms with van der Waals surface area (Å²) >= 11 is 0. The summed E-state index contributed by atoms with van der Waals surface area (Å²) in [5, 5.41) is 6.05. The van der Waals surface area contributed by atoms with Gasteiger partial charge in [-0.1, -0.05) is 13.3 Å². The monoisotopic (exact) mass is 261 g/mol. The number of anilines is 1. The molecule has 1 aliphatic rings. The molecule has 0 saturated heterocycles. The van der Waals surface area contributed by atoms with Crippen LogP contribution in [-0.4, -0.2) is 24.5 Å². The molecule has 2 N–H and O–H groups in total. The van der Waals surface area contributed by atoms with Crippen molar-refractivity contribution in [2.24, 2.45) is 5.41 Å². The second-order valence-corrected chi connectivity index (χ2v) is 5.57. The van der Waals surface area contributed by atoms with Crippen molar-refractivity contribution >= 4 is 11.7 Å². The van der Waals surface area contributed by atoms with Crippen molar-refractivity contribution in [3.8, 4) is 0 Å². The van der Waals surface area contributed by atoms with Gasteiger partial charge < -0.3 is 10.6 Å². The fourth-order valence-electron chi connectivity index (χ4n) is 2.52. The molecule has 1 heterocycles. The second kappa shape index (κ2) is 5.59. The second-order valence-electron chi connectivity index (χ2n) is 5.57. The van der Waals surface area contributed by atoms with E-state index in [0.29, 0.717) is 11.0 Å². The largest absolute Gasteiger partial charge is 0.373 e. The van der Waals surface area contributed by atoms with Crippen LogP contribution in [0.2, 0.25) is 0 Å². The number of hydrogen-bond donors (Lipinski definition) is 2. The Morgan fingerprint density at radius 3 is 2.74 bits per heavy atom. The van der Waals surface area contributed by atoms with Gasteiger partial charge >= 0.3 is 0 Å². The van der Waals surface area contributed by atoms with Gasteiger partial charge in [0.15, 0.2) is 0 Å². The molecule has 19 heavy (non-hydrogen) atoms. The van der Waals surface area contributed by atoms with Crippen molar-refractivity contribution in [2.75, 3.05) is 18.9 Å². The topological polar surface area (TPSA) is 54.0 Å². The Kier molecular flexibility index (Phi) is 4.08. The molecule has 0 atom stereocenters. The van der Waals surface area contributed by atoms with E-state index in [1.807, 2.05) is 20.0 Å². The minimum atomic E-state index is 0.00405. The number of hydrogen-bond acceptors (Lipinski definition) is 3. The summed E-state index contributed by atoms with van der Waals surface area (Å²) in [6, 6.07) is 3.62. The highest BCUT2D eigenvalue weighted by Crippen LogP contribution is 2.48. The van der Waals surface area contributed by atoms with E-state index in [2.05, 4.69) is 22.5 Å². The third kappa shape index (κ3) is 3.46. The number of carbonyl (C=O) groups is 1. The first-order valence-corrected chi connectivity index (χ1v) is 7.03. The van der Waals surface area contributed by atoms with Gasteiger partial charge in [-0.15, -0.1) is 0 Å². The fourth-order valence-corrected chi connectivity index (χ4v) is 2.52. The standard InChI is InChI=1S/C15H23N3O/c1-4-5-15(6-7-15)10-17-14(19)12-8-11(2)18-13(9-12)16-3/h8-9H,4-7,10H2,1-3H3,(H,16,18)(H,17,19). The number of aryl methyl sites for hydroxylation is 1. The number of nitrogens with one attached hydrogen (secondary N) is 2. The van der Waals surface area contributed by atoms with Crippen molar-refractivity contribution in [3.05, 3.63) is 23.4 Å². The molecule has 0 radical (unpaired) electrons. The van der Waals surface area contributed by atoms with Crippen LogP contribution >= 0.6 is 0 Å². The number of rotatable bonds is 6. The van der Waals surface area contributed by atoms with Crippen molar-refractivity contribution in [3.63, 3.8) is 0 Å². The summed E-state index contributed by atoms with van der Waals surface area (Å²) in [6.07, 6.45) is 4.90. The number of aromatic nitrogens is 1. The molecule has 104 valence electrons. The smallest absolute Gasteiger partial charge is 0.251 e. The summed E-state index contributed by atoms with van der Waals surface area (Å²) in [5.74, 6) is 0.740. The lowest BCUT2D eigenvalue weighted by Crippen LogP contribution is -2.30. The molecule has 4 heteroatoms. The van der Waals surface area contributed by atoms with E-state index >= 15 is 0 Å². The summed E-state index contributed by atoms with van der Waals surface area (Å²) in [5.41, 5.74) is 1.93. The zero-order chi connectivity index (χ0) is 13.9. The van der Waals surface area contributed by atoms with Gasteiger partial charge in [0.1, 0.15) is 5.82 Å². The molecule has 0 unspecified atom stereocenters. The third-order valence-corrected chi connectivity index (χ3v) is 3.83. The lowest BCUT2D eigenvalue weighted by atomic mass is 10.0. The van der Waals surface area contributed by atoms with Crippen LogP contribution < -0.4 is 10.6 Å². The fraction of sp³-hybridized carbons (Fsp3) is 0.600. The van der Waals surface area contributed by atoms with E-state index in [1.165, 1.54) is 25.7 Å². The van der Waals surface area contributed by atoms with Crippen LogP contribution in [0.25, 0.3) is 0 Å². The molecule has 1 amide bonds. The number of amides is 1. The van der Waals surface area contributed by atoms with E-state index in [1.54, 1.807) is 6.07 Å². The van der Waals surface area contributed by atoms with Gasteiger partial charge in [-0.2, -0.15) is 0 Å². The first-order valence-electron chi connectivity index (χ1n) is 7.03. The molecule has 0 spiro atoms. The Labute approximate surface area is 115 Å². The highest BCUT2D eigenvalue weighted by Gasteiger charge is 2.41. The maximum atomic E-state index is 12.2. The van der Waals surface area contributed by atoms with Crippen molar-refractivity contribution in [1.29, 1.82) is 0 Å². The molecule has 1 aromatic rings. The van der Waals surface area contributed by atoms with Crippen LogP contribution in [-0.2, 0) is 0 Å². The van der Waals surface area contributed by atoms with Crippen LogP contribution in [0, 0.1) is 12.3 Å². The predicted molar refractivity (Wildman–Crippen MR) is 77.4 cm³/mol. The summed E-state index contributed by atoms with van der Waals surface area (Å²) in [4.78, 5) is 16.5. The first-order chi connectivity index (χ1) is 9.08. The minimum Gasteiger partial charge on any atom is -0.373 e. The zero-order valence-electron chi connectivity index (χ0n) is 12.0. The van der Waals surface area contributed by atoms with E-state index < -0.39 is 0 Å². The Hall–Kier alpha value is -1.58. The van der Waals surface area contributed by atoms with Gasteiger partial charge in [0.2, 0.25) is 0 Å². The Balaban J connectivity index is 1.98. The molecule has 1 aromatic heterocycles. The maximum Gasteiger partial charge on any atom is 0.251 e. The maximum absolute atomic E-state index is 12.2. The van der Waals surface area contributed by atoms with Crippen LogP contribution in [0.5, 0.6) is 0 Å². The molecular weight excluding hydrogens is 238 g/mol. The van der Waals surface area contributed by atoms with Crippen LogP contribution in [0.1, 0.15) is 48.7 Å². The molecule has 0 aliphatic heterocycles. The van der Waals surface area contributed by atoms with Gasteiger partial charge in [0, 0.05) is 24.8 Å². The minimum absolute atomic E-state index is 0.00405. The van der Waals surface area contributed by atoms with Gasteiger partial charge in [0.05, 0.1) is 0 Å². The Morgan fingerprint density at radius 2 is 2.16 bits per heavy atom. The summed E-state index contributed by atoms with van der Waals surface area (Å²) in [6.45, 7) is 4.90. The average Bonchev–Trinajstić information content (AvgIpc) is 3.16. The van der Waals surface area contributed by atoms with E-state index in [-0.39, 0.29) is 5.91 Å². The van der Waals surface area contributed by atoms with Gasteiger partial charge in [0.25, 0.3) is 5.91 Å². The van der Waals surface area contributed by atoms with E-state index in [0.717, 1.165) is 18.1 Å². The Bertz CT molecular complexity index is 466. The zero-order valence-corrected chi connectivity index (χ0v) is 12.0. The van der Waals surface area contributed by atoms with Crippen LogP contribution in [0.15, 0.2) is 12.1 Å². The number of carbonyl (C=O) groups excluding carboxylic acids is 1. The van der Waals surface area contributed by atoms with Crippen molar-refractivity contribution < 1.29 is 4.79 Å². The summed E-state index contributed by atoms with van der Waals surface area (Å²) in [7, 11) is 1.81. The molecule has 1 aliphatic carbocycles. The lowest BCUT2D eigenvalue weighted by Gasteiger charge is -2.15. The normalized spacial score (nSPS) is 15.9. The van der Waals surface area contributed by atoms with Crippen molar-refractivity contribution in [2.45, 2.75) is 39.5 Å². The molecule has 4 nitrogen and oxygen atoms in total. The van der Waals surface area contributed by atoms with Gasteiger partial charge in [-0.3, -0.25) is 4.79 Å². The summed E-state index contributed by atoms with van der Waals surface area (Å²) < 4.78 is 0. The van der Waals surface area contributed by atoms with E-state index in [4.69, 9.17) is 0 Å². The molecule has 1 saturated carbocycles. The quantitative estimate of drug-likeness (QED) is 0.828. The Morgan fingerprint density at radius 1 is 1.42 bits per heavy atom. The average molecular weight is 261 g/mol. The predicted octanol–water partition coefficient (Wildman–Crippen LogP) is 2.74. The van der Waals surface area contributed by atoms with Gasteiger partial charge in [-0.05, 0) is 43.7 Å². The SMILES string of the molecule is CCCC1(CNC(=O)c2cc(C)nc(NC)c2)CC1. The third-order valence-electron chi connectivity index (χ3n) is 3.83. The molecule has 2 rings (SSSR count). The van der Waals surface area contributed by atoms with Crippen LogP contribution in [0.3, 0.4) is 0 Å². The lowest BCUT2D eigenvalue weighted by molar-refractivity contribution is 0.0943. The molecule has 0 bridgehead atoms. The van der Waals surface area contributed by atoms with Gasteiger partial charge in [-0.25, -0.2) is 4.98 Å². The molecular formula is C15H23N3O. The van der Waals surface area contributed by atoms with E-state index in [9.17, 15) is 4.79 Å². The highest BCUT2D eigenvalue weighted by molar-refractivity contribution is 5.95. The number of pyridine rings is 1.